The molecule has 0 radical (unpaired) electrons. The molecule has 0 unspecified atom stereocenters. The van der Waals surface area contributed by atoms with Crippen LogP contribution in [0.25, 0.3) is 0 Å². The summed E-state index contributed by atoms with van der Waals surface area (Å²) in [5.41, 5.74) is 0. The van der Waals surface area contributed by atoms with Gasteiger partial charge in [0.2, 0.25) is 0 Å². The molecule has 1 nitrogen and oxygen atoms in total. The molecule has 0 bridgehead atoms. The summed E-state index contributed by atoms with van der Waals surface area (Å²) in [5.74, 6) is 2.05. The van der Waals surface area contributed by atoms with E-state index in [1.807, 2.05) is 5.92 Å². The van der Waals surface area contributed by atoms with Crippen LogP contribution in [-0.2, 0) is 4.74 Å². The van der Waals surface area contributed by atoms with Gasteiger partial charge in [0.05, 0.1) is 6.61 Å². The molecule has 0 rings (SSSR count). The van der Waals surface area contributed by atoms with E-state index in [0.717, 1.165) is 0 Å². The molecule has 0 saturated heterocycles. The van der Waals surface area contributed by atoms with Gasteiger partial charge in [-0.05, 0) is 0 Å². The Hall–Kier alpha value is 0.766. The molecule has 0 aliphatic carbocycles. The summed E-state index contributed by atoms with van der Waals surface area (Å²) in [6.07, 6.45) is 6.23. The zero-order valence-corrected chi connectivity index (χ0v) is 7.20. The van der Waals surface area contributed by atoms with Gasteiger partial charge in [-0.3, -0.25) is 0 Å². The second kappa shape index (κ2) is 15.9. The van der Waals surface area contributed by atoms with Gasteiger partial charge in [-0.2, -0.15) is 0 Å². The fourth-order valence-corrected chi connectivity index (χ4v) is 0.0722. The molecule has 0 aromatic heterocycles. The number of halogens is 1. The van der Waals surface area contributed by atoms with E-state index in [4.69, 9.17) is 6.42 Å². The van der Waals surface area contributed by atoms with Gasteiger partial charge in [0, 0.05) is 7.11 Å². The molecule has 0 fully saturated rings. The summed E-state index contributed by atoms with van der Waals surface area (Å²) >= 11 is 0. The third-order valence-corrected chi connectivity index (χ3v) is 0.217. The van der Waals surface area contributed by atoms with Crippen LogP contribution in [0.3, 0.4) is 0 Å². The van der Waals surface area contributed by atoms with E-state index in [2.05, 4.69) is 4.74 Å². The van der Waals surface area contributed by atoms with Crippen LogP contribution in [0.4, 0.5) is 0 Å². The Morgan fingerprint density at radius 2 is 2.14 bits per heavy atom. The summed E-state index contributed by atoms with van der Waals surface area (Å²) in [6.45, 7) is 0.306. The number of ether oxygens (including phenoxy) is 1. The van der Waals surface area contributed by atoms with Crippen molar-refractivity contribution in [1.29, 1.82) is 0 Å². The predicted octanol–water partition coefficient (Wildman–Crippen LogP) is -3.15. The molecule has 0 amide bonds. The molecule has 0 aliphatic heterocycles. The first-order valence-corrected chi connectivity index (χ1v) is 1.30. The van der Waals surface area contributed by atoms with Crippen molar-refractivity contribution in [2.24, 2.45) is 0 Å². The average Bonchev–Trinajstić information content (AvgIpc) is 1.41. The number of rotatable bonds is 1. The maximum Gasteiger partial charge on any atom is 2.00 e. The van der Waals surface area contributed by atoms with Crippen molar-refractivity contribution < 1.29 is 21.7 Å². The molecule has 0 aliphatic rings. The third kappa shape index (κ3) is 20.1. The van der Waals surface area contributed by atoms with Crippen LogP contribution in [0.2, 0.25) is 0 Å². The van der Waals surface area contributed by atoms with E-state index >= 15 is 0 Å². The summed E-state index contributed by atoms with van der Waals surface area (Å²) in [7, 11) is 1.53. The Balaban J connectivity index is -0.0000000800. The zero-order valence-electron chi connectivity index (χ0n) is 4.20. The van der Waals surface area contributed by atoms with Gasteiger partial charge in [-0.25, -0.2) is 0 Å². The molecule has 0 aromatic carbocycles. The minimum Gasteiger partial charge on any atom is -1.00 e. The van der Waals surface area contributed by atoms with Crippen molar-refractivity contribution in [2.45, 2.75) is 0 Å². The van der Waals surface area contributed by atoms with Gasteiger partial charge in [0.25, 0.3) is 0 Å². The average molecular weight is 173 g/mol. The van der Waals surface area contributed by atoms with E-state index in [1.165, 1.54) is 7.11 Å². The summed E-state index contributed by atoms with van der Waals surface area (Å²) in [5, 5.41) is 0. The Kier molecular flexibility index (Phi) is 35.5. The molecule has 0 atom stereocenters. The molecule has 7 heavy (non-hydrogen) atoms. The summed E-state index contributed by atoms with van der Waals surface area (Å²) in [4.78, 5) is 0. The topological polar surface area (TPSA) is 9.23 Å². The second-order valence-electron chi connectivity index (χ2n) is 0.610. The van der Waals surface area contributed by atoms with E-state index in [-0.39, 0.29) is 40.0 Å². The first-order chi connectivity index (χ1) is 2.41. The first kappa shape index (κ1) is 15.7. The van der Waals surface area contributed by atoms with Crippen LogP contribution in [0.15, 0.2) is 0 Å². The Labute approximate surface area is 70.7 Å². The van der Waals surface area contributed by atoms with Gasteiger partial charge >= 0.3 is 23.1 Å². The minimum atomic E-state index is 0. The fraction of sp³-hybridized carbons (Fsp3) is 0.500. The van der Waals surface area contributed by atoms with Crippen LogP contribution in [0.1, 0.15) is 0 Å². The molecule has 0 heterocycles. The number of hydrogen-bond acceptors (Lipinski definition) is 1. The van der Waals surface area contributed by atoms with Crippen molar-refractivity contribution in [3.8, 4) is 5.92 Å². The smallest absolute Gasteiger partial charge is 1.00 e. The van der Waals surface area contributed by atoms with Crippen molar-refractivity contribution in [3.63, 3.8) is 0 Å². The van der Waals surface area contributed by atoms with E-state index in [1.54, 1.807) is 0 Å². The standard InChI is InChI=1S/C4H5O.BrH.Mg/c1-3-4-5-2;;/h4H2,2H3;1H;/q-1;;+2/p-1. The van der Waals surface area contributed by atoms with Crippen LogP contribution < -0.4 is 17.0 Å². The summed E-state index contributed by atoms with van der Waals surface area (Å²) < 4.78 is 4.39. The molecule has 0 N–H and O–H groups in total. The van der Waals surface area contributed by atoms with E-state index in [9.17, 15) is 0 Å². The largest absolute Gasteiger partial charge is 2.00 e. The Bertz CT molecular complexity index is 50.1. The molecule has 0 saturated carbocycles. The van der Waals surface area contributed by atoms with Gasteiger partial charge in [0.15, 0.2) is 0 Å². The van der Waals surface area contributed by atoms with Gasteiger partial charge in [-0.1, -0.05) is 0 Å². The molecular weight excluding hydrogens is 168 g/mol. The molecule has 0 spiro atoms. The number of methoxy groups -OCH3 is 1. The minimum absolute atomic E-state index is 0. The summed E-state index contributed by atoms with van der Waals surface area (Å²) in [6, 6.07) is 0. The number of hydrogen-bond donors (Lipinski definition) is 0. The first-order valence-electron chi connectivity index (χ1n) is 1.30. The van der Waals surface area contributed by atoms with Crippen LogP contribution in [-0.4, -0.2) is 36.8 Å². The van der Waals surface area contributed by atoms with Gasteiger partial charge < -0.3 is 34.1 Å². The van der Waals surface area contributed by atoms with E-state index < -0.39 is 0 Å². The quantitative estimate of drug-likeness (QED) is 0.231. The maximum absolute atomic E-state index is 6.23. The maximum atomic E-state index is 6.23. The van der Waals surface area contributed by atoms with Crippen LogP contribution >= 0.6 is 0 Å². The second-order valence-corrected chi connectivity index (χ2v) is 0.610. The van der Waals surface area contributed by atoms with Gasteiger partial charge in [-0.15, -0.1) is 0 Å². The molecular formula is C4H5BrMgO. The Morgan fingerprint density at radius 1 is 1.71 bits per heavy atom. The van der Waals surface area contributed by atoms with Gasteiger partial charge in [0.1, 0.15) is 0 Å². The van der Waals surface area contributed by atoms with Crippen LogP contribution in [0.5, 0.6) is 0 Å². The predicted molar refractivity (Wildman–Crippen MR) is 24.8 cm³/mol. The van der Waals surface area contributed by atoms with Crippen LogP contribution in [0, 0.1) is 12.3 Å². The third-order valence-electron chi connectivity index (χ3n) is 0.217. The van der Waals surface area contributed by atoms with E-state index in [0.29, 0.717) is 6.61 Å². The monoisotopic (exact) mass is 172 g/mol. The van der Waals surface area contributed by atoms with Crippen molar-refractivity contribution in [1.82, 2.24) is 0 Å². The van der Waals surface area contributed by atoms with Crippen molar-refractivity contribution in [2.75, 3.05) is 13.7 Å². The Morgan fingerprint density at radius 3 is 2.14 bits per heavy atom. The normalized spacial score (nSPS) is 4.57. The SMILES string of the molecule is [Br-].[C-]#CCOC.[Mg+2]. The van der Waals surface area contributed by atoms with Crippen molar-refractivity contribution in [3.05, 3.63) is 6.42 Å². The van der Waals surface area contributed by atoms with Crippen molar-refractivity contribution >= 4 is 23.1 Å². The molecule has 36 valence electrons. The zero-order chi connectivity index (χ0) is 4.12. The molecule has 3 heteroatoms. The fourth-order valence-electron chi connectivity index (χ4n) is 0.0722. The molecule has 0 aromatic rings.